The monoisotopic (exact) mass is 279 g/mol. The summed E-state index contributed by atoms with van der Waals surface area (Å²) in [7, 11) is 0. The number of rotatable bonds is 3. The van der Waals surface area contributed by atoms with E-state index in [1.165, 1.54) is 22.3 Å². The van der Waals surface area contributed by atoms with Gasteiger partial charge in [0.1, 0.15) is 0 Å². The van der Waals surface area contributed by atoms with Crippen LogP contribution in [0.3, 0.4) is 0 Å². The van der Waals surface area contributed by atoms with Crippen molar-refractivity contribution >= 4 is 0 Å². The van der Waals surface area contributed by atoms with Crippen molar-refractivity contribution in [3.63, 3.8) is 0 Å². The Morgan fingerprint density at radius 3 is 2.67 bits per heavy atom. The molecule has 0 saturated carbocycles. The Bertz CT molecular complexity index is 614. The molecule has 0 amide bonds. The first-order valence-corrected chi connectivity index (χ1v) is 7.40. The molecule has 0 aromatic carbocycles. The van der Waals surface area contributed by atoms with E-state index in [9.17, 15) is 0 Å². The van der Waals surface area contributed by atoms with Gasteiger partial charge >= 0.3 is 0 Å². The Hall–Kier alpha value is -1.94. The van der Waals surface area contributed by atoms with E-state index in [0.29, 0.717) is 0 Å². The Labute approximate surface area is 126 Å². The van der Waals surface area contributed by atoms with E-state index in [-0.39, 0.29) is 12.1 Å². The van der Waals surface area contributed by atoms with Gasteiger partial charge in [-0.2, -0.15) is 5.53 Å². The van der Waals surface area contributed by atoms with Gasteiger partial charge in [-0.1, -0.05) is 68.2 Å². The van der Waals surface area contributed by atoms with Crippen LogP contribution in [0.25, 0.3) is 0 Å². The van der Waals surface area contributed by atoms with E-state index in [1.54, 1.807) is 0 Å². The van der Waals surface area contributed by atoms with Gasteiger partial charge in [0.2, 0.25) is 0 Å². The third-order valence-electron chi connectivity index (χ3n) is 4.09. The van der Waals surface area contributed by atoms with Crippen LogP contribution in [0.15, 0.2) is 83.6 Å². The summed E-state index contributed by atoms with van der Waals surface area (Å²) in [6, 6.07) is 0.499. The predicted octanol–water partition coefficient (Wildman–Crippen LogP) is 2.78. The van der Waals surface area contributed by atoms with Crippen molar-refractivity contribution in [3.05, 3.63) is 83.6 Å². The van der Waals surface area contributed by atoms with E-state index < -0.39 is 0 Å². The van der Waals surface area contributed by atoms with Gasteiger partial charge in [0.15, 0.2) is 0 Å². The van der Waals surface area contributed by atoms with Crippen LogP contribution in [0.2, 0.25) is 0 Å². The molecule has 1 saturated heterocycles. The molecule has 21 heavy (non-hydrogen) atoms. The SMILES string of the molecule is C=CC1=C(C2=CC=CC=CC=C2)C2NNNC2C(CC)=C1. The van der Waals surface area contributed by atoms with Crippen LogP contribution < -0.4 is 16.4 Å². The van der Waals surface area contributed by atoms with Crippen molar-refractivity contribution in [1.82, 2.24) is 16.4 Å². The summed E-state index contributed by atoms with van der Waals surface area (Å²) in [5.74, 6) is 0. The summed E-state index contributed by atoms with van der Waals surface area (Å²) >= 11 is 0. The van der Waals surface area contributed by atoms with Gasteiger partial charge < -0.3 is 0 Å². The highest BCUT2D eigenvalue weighted by Crippen LogP contribution is 2.33. The average Bonchev–Trinajstić information content (AvgIpc) is 2.95. The number of fused-ring (bicyclic) bond motifs is 1. The van der Waals surface area contributed by atoms with Gasteiger partial charge in [0.25, 0.3) is 0 Å². The molecule has 3 nitrogen and oxygen atoms in total. The molecule has 3 N–H and O–H groups in total. The van der Waals surface area contributed by atoms with E-state index in [1.807, 2.05) is 24.3 Å². The topological polar surface area (TPSA) is 36.1 Å². The lowest BCUT2D eigenvalue weighted by molar-refractivity contribution is 0.563. The molecule has 0 radical (unpaired) electrons. The maximum atomic E-state index is 4.00. The molecule has 0 spiro atoms. The summed E-state index contributed by atoms with van der Waals surface area (Å²) in [4.78, 5) is 0. The van der Waals surface area contributed by atoms with Gasteiger partial charge in [-0.15, -0.1) is 0 Å². The van der Waals surface area contributed by atoms with Crippen LogP contribution in [-0.2, 0) is 0 Å². The van der Waals surface area contributed by atoms with Crippen molar-refractivity contribution in [2.24, 2.45) is 0 Å². The van der Waals surface area contributed by atoms with Crippen LogP contribution in [0, 0.1) is 0 Å². The summed E-state index contributed by atoms with van der Waals surface area (Å²) < 4.78 is 0. The van der Waals surface area contributed by atoms with Crippen LogP contribution in [0.1, 0.15) is 13.3 Å². The van der Waals surface area contributed by atoms with Crippen molar-refractivity contribution in [2.75, 3.05) is 0 Å². The summed E-state index contributed by atoms with van der Waals surface area (Å²) in [6.45, 7) is 6.19. The van der Waals surface area contributed by atoms with Gasteiger partial charge in [-0.05, 0) is 28.7 Å². The molecular weight excluding hydrogens is 258 g/mol. The fraction of sp³-hybridized carbons (Fsp3) is 0.222. The maximum Gasteiger partial charge on any atom is 0.0692 e. The zero-order valence-electron chi connectivity index (χ0n) is 12.3. The zero-order chi connectivity index (χ0) is 14.7. The first kappa shape index (κ1) is 14.0. The number of nitrogens with one attached hydrogen (secondary N) is 3. The van der Waals surface area contributed by atoms with Crippen molar-refractivity contribution < 1.29 is 0 Å². The third kappa shape index (κ3) is 2.63. The summed E-state index contributed by atoms with van der Waals surface area (Å²) in [5, 5.41) is 0. The van der Waals surface area contributed by atoms with Gasteiger partial charge in [0.05, 0.1) is 12.1 Å². The Morgan fingerprint density at radius 2 is 1.86 bits per heavy atom. The second-order valence-corrected chi connectivity index (χ2v) is 5.27. The molecule has 108 valence electrons. The quantitative estimate of drug-likeness (QED) is 0.743. The molecule has 1 heterocycles. The number of allylic oxidation sites excluding steroid dienone is 10. The molecular formula is C18H21N3. The predicted molar refractivity (Wildman–Crippen MR) is 88.1 cm³/mol. The Kier molecular flexibility index (Phi) is 4.15. The minimum Gasteiger partial charge on any atom is -0.235 e. The standard InChI is InChI=1S/C18H21N3/c1-3-13-12-14(4-2)17-18(20-21-19-17)16(13)15-10-8-6-5-7-9-11-15/h3,5-12,17-21H,1,4H2,2H3. The number of hydrogen-bond acceptors (Lipinski definition) is 3. The van der Waals surface area contributed by atoms with E-state index in [4.69, 9.17) is 0 Å². The summed E-state index contributed by atoms with van der Waals surface area (Å²) in [6.07, 6.45) is 19.8. The minimum absolute atomic E-state index is 0.214. The normalized spacial score (nSPS) is 27.9. The Balaban J connectivity index is 2.10. The molecule has 1 aliphatic heterocycles. The highest BCUT2D eigenvalue weighted by atomic mass is 15.7. The molecule has 0 aromatic heterocycles. The molecule has 0 aromatic rings. The second kappa shape index (κ2) is 6.22. The minimum atomic E-state index is 0.214. The molecule has 2 unspecified atom stereocenters. The molecule has 3 heteroatoms. The van der Waals surface area contributed by atoms with Gasteiger partial charge in [0, 0.05) is 0 Å². The summed E-state index contributed by atoms with van der Waals surface area (Å²) in [5.41, 5.74) is 14.8. The molecule has 3 rings (SSSR count). The average molecular weight is 279 g/mol. The highest BCUT2D eigenvalue weighted by molar-refractivity contribution is 5.59. The third-order valence-corrected chi connectivity index (χ3v) is 4.09. The first-order chi connectivity index (χ1) is 10.3. The lowest BCUT2D eigenvalue weighted by Crippen LogP contribution is -2.39. The zero-order valence-corrected chi connectivity index (χ0v) is 12.3. The highest BCUT2D eigenvalue weighted by Gasteiger charge is 2.36. The molecule has 3 aliphatic rings. The molecule has 2 atom stereocenters. The van der Waals surface area contributed by atoms with Gasteiger partial charge in [-0.3, -0.25) is 0 Å². The lowest BCUT2D eigenvalue weighted by atomic mass is 9.80. The number of hydrogen-bond donors (Lipinski definition) is 3. The fourth-order valence-corrected chi connectivity index (χ4v) is 3.04. The first-order valence-electron chi connectivity index (χ1n) is 7.40. The maximum absolute atomic E-state index is 4.00. The largest absolute Gasteiger partial charge is 0.235 e. The van der Waals surface area contributed by atoms with Crippen molar-refractivity contribution in [2.45, 2.75) is 25.4 Å². The van der Waals surface area contributed by atoms with Crippen molar-refractivity contribution in [1.29, 1.82) is 0 Å². The van der Waals surface area contributed by atoms with Crippen LogP contribution in [0.5, 0.6) is 0 Å². The Morgan fingerprint density at radius 1 is 1.10 bits per heavy atom. The second-order valence-electron chi connectivity index (χ2n) is 5.27. The smallest absolute Gasteiger partial charge is 0.0692 e. The lowest BCUT2D eigenvalue weighted by Gasteiger charge is -2.29. The van der Waals surface area contributed by atoms with Crippen LogP contribution >= 0.6 is 0 Å². The van der Waals surface area contributed by atoms with Gasteiger partial charge in [-0.25, -0.2) is 10.9 Å². The molecule has 1 fully saturated rings. The van der Waals surface area contributed by atoms with E-state index in [2.05, 4.69) is 60.3 Å². The van der Waals surface area contributed by atoms with Crippen molar-refractivity contribution in [3.8, 4) is 0 Å². The van der Waals surface area contributed by atoms with Crippen LogP contribution in [-0.4, -0.2) is 12.1 Å². The molecule has 0 bridgehead atoms. The fourth-order valence-electron chi connectivity index (χ4n) is 3.04. The van der Waals surface area contributed by atoms with E-state index in [0.717, 1.165) is 6.42 Å². The van der Waals surface area contributed by atoms with E-state index >= 15 is 0 Å². The van der Waals surface area contributed by atoms with Crippen LogP contribution in [0.4, 0.5) is 0 Å². The number of hydrazine groups is 2. The molecule has 2 aliphatic carbocycles.